The summed E-state index contributed by atoms with van der Waals surface area (Å²) in [5.74, 6) is 0.361. The lowest BCUT2D eigenvalue weighted by Gasteiger charge is -2.12. The summed E-state index contributed by atoms with van der Waals surface area (Å²) in [5.41, 5.74) is 1.48. The van der Waals surface area contributed by atoms with Crippen LogP contribution in [0, 0.1) is 0 Å². The van der Waals surface area contributed by atoms with Gasteiger partial charge in [-0.25, -0.2) is 0 Å². The largest absolute Gasteiger partial charge is 0.493 e. The highest BCUT2D eigenvalue weighted by Gasteiger charge is 2.34. The van der Waals surface area contributed by atoms with E-state index in [0.29, 0.717) is 50.5 Å². The number of anilines is 1. The number of carbonyl (C=O) groups excluding carboxylic acids is 3. The number of amides is 3. The number of aromatic nitrogens is 2. The highest BCUT2D eigenvalue weighted by Crippen LogP contribution is 2.38. The van der Waals surface area contributed by atoms with E-state index >= 15 is 0 Å². The van der Waals surface area contributed by atoms with Gasteiger partial charge in [0.25, 0.3) is 11.8 Å². The molecule has 0 atom stereocenters. The van der Waals surface area contributed by atoms with Gasteiger partial charge in [0.2, 0.25) is 16.8 Å². The van der Waals surface area contributed by atoms with E-state index in [1.807, 2.05) is 0 Å². The van der Waals surface area contributed by atoms with Crippen LogP contribution in [0.4, 0.5) is 5.13 Å². The number of hydrogen-bond acceptors (Lipinski definition) is 9. The van der Waals surface area contributed by atoms with Crippen molar-refractivity contribution in [3.63, 3.8) is 0 Å². The van der Waals surface area contributed by atoms with Gasteiger partial charge in [0.15, 0.2) is 11.5 Å². The molecule has 0 saturated heterocycles. The fraction of sp³-hybridized carbons (Fsp3) is 0.208. The number of ether oxygens (including phenoxy) is 3. The molecule has 1 aliphatic heterocycles. The molecule has 0 spiro atoms. The topological polar surface area (TPSA) is 120 Å². The molecule has 4 rings (SSSR count). The first-order valence-corrected chi connectivity index (χ1v) is 11.3. The number of rotatable bonds is 9. The van der Waals surface area contributed by atoms with Crippen LogP contribution in [0.5, 0.6) is 17.2 Å². The molecule has 0 unspecified atom stereocenters. The Morgan fingerprint density at radius 2 is 1.63 bits per heavy atom. The van der Waals surface area contributed by atoms with Crippen molar-refractivity contribution in [1.29, 1.82) is 0 Å². The second kappa shape index (κ2) is 10.3. The number of methoxy groups -OCH3 is 3. The average molecular weight is 495 g/mol. The molecule has 3 aromatic rings. The summed E-state index contributed by atoms with van der Waals surface area (Å²) in [6.07, 6.45) is 3.28. The van der Waals surface area contributed by atoms with E-state index in [2.05, 4.69) is 15.5 Å². The lowest BCUT2D eigenvalue weighted by atomic mass is 10.1. The molecule has 1 aromatic heterocycles. The summed E-state index contributed by atoms with van der Waals surface area (Å²) < 4.78 is 15.9. The number of hydrogen-bond donors (Lipinski definition) is 1. The summed E-state index contributed by atoms with van der Waals surface area (Å²) >= 11 is 1.18. The predicted molar refractivity (Wildman–Crippen MR) is 129 cm³/mol. The highest BCUT2D eigenvalue weighted by atomic mass is 32.1. The molecule has 0 aliphatic carbocycles. The van der Waals surface area contributed by atoms with Crippen LogP contribution in [-0.4, -0.2) is 60.7 Å². The summed E-state index contributed by atoms with van der Waals surface area (Å²) in [6, 6.07) is 10.2. The summed E-state index contributed by atoms with van der Waals surface area (Å²) in [4.78, 5) is 38.5. The Balaban J connectivity index is 1.35. The molecule has 3 amide bonds. The van der Waals surface area contributed by atoms with Gasteiger partial charge in [0, 0.05) is 19.0 Å². The van der Waals surface area contributed by atoms with Crippen molar-refractivity contribution in [1.82, 2.24) is 15.1 Å². The van der Waals surface area contributed by atoms with E-state index in [9.17, 15) is 14.4 Å². The van der Waals surface area contributed by atoms with Crippen LogP contribution in [0.15, 0.2) is 42.5 Å². The third kappa shape index (κ3) is 4.99. The monoisotopic (exact) mass is 494 g/mol. The number of nitrogens with zero attached hydrogens (tertiary/aromatic N) is 3. The van der Waals surface area contributed by atoms with Gasteiger partial charge in [0.1, 0.15) is 5.01 Å². The van der Waals surface area contributed by atoms with Crippen LogP contribution in [-0.2, 0) is 11.2 Å². The van der Waals surface area contributed by atoms with Crippen molar-refractivity contribution in [2.45, 2.75) is 6.42 Å². The first kappa shape index (κ1) is 23.9. The summed E-state index contributed by atoms with van der Waals surface area (Å²) in [7, 11) is 4.54. The Morgan fingerprint density at radius 3 is 2.20 bits per heavy atom. The van der Waals surface area contributed by atoms with Crippen molar-refractivity contribution in [2.75, 3.05) is 33.2 Å². The molecule has 2 heterocycles. The molecule has 11 heteroatoms. The normalized spacial score (nSPS) is 12.7. The first-order chi connectivity index (χ1) is 16.9. The fourth-order valence-electron chi connectivity index (χ4n) is 3.57. The molecule has 1 N–H and O–H groups in total. The van der Waals surface area contributed by atoms with Crippen molar-refractivity contribution < 1.29 is 28.6 Å². The van der Waals surface area contributed by atoms with Crippen LogP contribution < -0.4 is 19.5 Å². The quantitative estimate of drug-likeness (QED) is 0.356. The molecule has 35 heavy (non-hydrogen) atoms. The second-order valence-electron chi connectivity index (χ2n) is 7.34. The van der Waals surface area contributed by atoms with Crippen LogP contribution >= 0.6 is 11.3 Å². The third-order valence-corrected chi connectivity index (χ3v) is 6.14. The van der Waals surface area contributed by atoms with E-state index in [-0.39, 0.29) is 18.4 Å². The Labute approximate surface area is 205 Å². The van der Waals surface area contributed by atoms with E-state index < -0.39 is 5.91 Å². The standard InChI is InChI=1S/C24H22N4O6S/c1-32-17-12-14(13-18(33-2)21(17)34-3)8-9-19(29)25-24-27-26-20(35-24)10-11-28-22(30)15-6-4-5-7-16(15)23(28)31/h4-9,12-13H,10-11H2,1-3H3,(H,25,27,29)/b9-8+. The number of carbonyl (C=O) groups is 3. The maximum absolute atomic E-state index is 12.5. The molecule has 2 aromatic carbocycles. The van der Waals surface area contributed by atoms with Gasteiger partial charge in [-0.3, -0.25) is 24.6 Å². The van der Waals surface area contributed by atoms with Gasteiger partial charge in [-0.1, -0.05) is 23.5 Å². The molecule has 0 saturated carbocycles. The second-order valence-corrected chi connectivity index (χ2v) is 8.40. The minimum Gasteiger partial charge on any atom is -0.493 e. The average Bonchev–Trinajstić information content (AvgIpc) is 3.42. The molecule has 0 bridgehead atoms. The maximum Gasteiger partial charge on any atom is 0.261 e. The van der Waals surface area contributed by atoms with E-state index in [1.165, 1.54) is 43.6 Å². The maximum atomic E-state index is 12.5. The molecular formula is C24H22N4O6S. The van der Waals surface area contributed by atoms with Crippen molar-refractivity contribution in [3.8, 4) is 17.2 Å². The van der Waals surface area contributed by atoms with Crippen molar-refractivity contribution in [3.05, 3.63) is 64.2 Å². The van der Waals surface area contributed by atoms with Gasteiger partial charge < -0.3 is 14.2 Å². The van der Waals surface area contributed by atoms with Gasteiger partial charge >= 0.3 is 0 Å². The van der Waals surface area contributed by atoms with Gasteiger partial charge in [-0.15, -0.1) is 10.2 Å². The zero-order valence-electron chi connectivity index (χ0n) is 19.2. The lowest BCUT2D eigenvalue weighted by molar-refractivity contribution is -0.111. The van der Waals surface area contributed by atoms with E-state index in [1.54, 1.807) is 42.5 Å². The molecule has 10 nitrogen and oxygen atoms in total. The van der Waals surface area contributed by atoms with Crippen LogP contribution in [0.25, 0.3) is 6.08 Å². The minimum atomic E-state index is -0.401. The number of imide groups is 1. The van der Waals surface area contributed by atoms with Crippen LogP contribution in [0.3, 0.4) is 0 Å². The molecule has 180 valence electrons. The summed E-state index contributed by atoms with van der Waals surface area (Å²) in [5, 5.41) is 11.6. The van der Waals surface area contributed by atoms with Gasteiger partial charge in [0.05, 0.1) is 32.5 Å². The van der Waals surface area contributed by atoms with Crippen LogP contribution in [0.1, 0.15) is 31.3 Å². The zero-order chi connectivity index (χ0) is 24.9. The minimum absolute atomic E-state index is 0.177. The number of fused-ring (bicyclic) bond motifs is 1. The van der Waals surface area contributed by atoms with Gasteiger partial charge in [-0.2, -0.15) is 0 Å². The number of benzene rings is 2. The van der Waals surface area contributed by atoms with Crippen molar-refractivity contribution >= 4 is 40.3 Å². The first-order valence-electron chi connectivity index (χ1n) is 10.5. The summed E-state index contributed by atoms with van der Waals surface area (Å²) in [6.45, 7) is 0.177. The smallest absolute Gasteiger partial charge is 0.261 e. The van der Waals surface area contributed by atoms with Crippen LogP contribution in [0.2, 0.25) is 0 Å². The fourth-order valence-corrected chi connectivity index (χ4v) is 4.30. The third-order valence-electron chi connectivity index (χ3n) is 5.24. The number of nitrogens with one attached hydrogen (secondary N) is 1. The Bertz CT molecular complexity index is 1260. The Morgan fingerprint density at radius 1 is 1.00 bits per heavy atom. The van der Waals surface area contributed by atoms with E-state index in [0.717, 1.165) is 0 Å². The molecule has 0 radical (unpaired) electrons. The van der Waals surface area contributed by atoms with Gasteiger partial charge in [-0.05, 0) is 35.9 Å². The molecule has 1 aliphatic rings. The van der Waals surface area contributed by atoms with Crippen molar-refractivity contribution in [2.24, 2.45) is 0 Å². The SMILES string of the molecule is COc1cc(/C=C/C(=O)Nc2nnc(CCN3C(=O)c4ccccc4C3=O)s2)cc(OC)c1OC. The molecular weight excluding hydrogens is 472 g/mol. The Hall–Kier alpha value is -4.25. The zero-order valence-corrected chi connectivity index (χ0v) is 20.0. The highest BCUT2D eigenvalue weighted by molar-refractivity contribution is 7.15. The molecule has 0 fully saturated rings. The lowest BCUT2D eigenvalue weighted by Crippen LogP contribution is -2.31. The predicted octanol–water partition coefficient (Wildman–Crippen LogP) is 3.05. The Kier molecular flexibility index (Phi) is 7.06. The van der Waals surface area contributed by atoms with E-state index in [4.69, 9.17) is 14.2 Å².